The van der Waals surface area contributed by atoms with E-state index in [1.165, 1.54) is 4.68 Å². The number of aromatic nitrogens is 3. The van der Waals surface area contributed by atoms with Crippen LogP contribution in [0.1, 0.15) is 5.82 Å². The lowest BCUT2D eigenvalue weighted by atomic mass is 10.3. The van der Waals surface area contributed by atoms with Crippen molar-refractivity contribution in [2.75, 3.05) is 11.6 Å². The molecule has 15 heavy (non-hydrogen) atoms. The first kappa shape index (κ1) is 9.32. The number of para-hydroxylation sites is 1. The van der Waals surface area contributed by atoms with Crippen LogP contribution in [0.5, 0.6) is 5.75 Å². The summed E-state index contributed by atoms with van der Waals surface area (Å²) in [7, 11) is 0. The molecule has 0 unspecified atom stereocenters. The maximum absolute atomic E-state index is 5.55. The Morgan fingerprint density at radius 1 is 1.20 bits per heavy atom. The summed E-state index contributed by atoms with van der Waals surface area (Å²) >= 11 is 0. The number of hydrogen-bond acceptors (Lipinski definition) is 5. The van der Waals surface area contributed by atoms with Gasteiger partial charge in [-0.1, -0.05) is 18.2 Å². The highest BCUT2D eigenvalue weighted by molar-refractivity contribution is 5.21. The molecule has 0 saturated heterocycles. The number of nitrogen functional groups attached to an aromatic ring is 2. The summed E-state index contributed by atoms with van der Waals surface area (Å²) in [6.45, 7) is 0.241. The molecule has 6 heteroatoms. The lowest BCUT2D eigenvalue weighted by molar-refractivity contribution is 0.292. The Hall–Kier alpha value is -2.24. The maximum atomic E-state index is 5.55. The van der Waals surface area contributed by atoms with Gasteiger partial charge in [-0.3, -0.25) is 0 Å². The molecular weight excluding hydrogens is 194 g/mol. The highest BCUT2D eigenvalue weighted by atomic mass is 16.5. The van der Waals surface area contributed by atoms with E-state index in [0.29, 0.717) is 5.82 Å². The van der Waals surface area contributed by atoms with Gasteiger partial charge in [0.1, 0.15) is 12.4 Å². The third kappa shape index (κ3) is 1.98. The van der Waals surface area contributed by atoms with Gasteiger partial charge in [-0.15, -0.1) is 10.2 Å². The molecule has 78 valence electrons. The van der Waals surface area contributed by atoms with Crippen molar-refractivity contribution in [3.63, 3.8) is 0 Å². The van der Waals surface area contributed by atoms with Crippen LogP contribution in [-0.4, -0.2) is 14.9 Å². The molecule has 0 aliphatic rings. The van der Waals surface area contributed by atoms with Crippen molar-refractivity contribution in [2.45, 2.75) is 6.61 Å². The molecule has 6 nitrogen and oxygen atoms in total. The normalized spacial score (nSPS) is 10.1. The van der Waals surface area contributed by atoms with Gasteiger partial charge < -0.3 is 16.3 Å². The first-order valence-corrected chi connectivity index (χ1v) is 4.40. The largest absolute Gasteiger partial charge is 0.486 e. The standard InChI is InChI=1S/C9H11N5O/c10-9-13-12-8(14(9)11)6-15-7-4-2-1-3-5-7/h1-5H,6,11H2,(H2,10,13). The van der Waals surface area contributed by atoms with Crippen molar-refractivity contribution >= 4 is 5.95 Å². The van der Waals surface area contributed by atoms with Gasteiger partial charge in [0.05, 0.1) is 0 Å². The minimum absolute atomic E-state index is 0.168. The topological polar surface area (TPSA) is 92.0 Å². The lowest BCUT2D eigenvalue weighted by Gasteiger charge is -2.04. The van der Waals surface area contributed by atoms with E-state index in [2.05, 4.69) is 10.2 Å². The zero-order valence-corrected chi connectivity index (χ0v) is 8.00. The molecule has 4 N–H and O–H groups in total. The van der Waals surface area contributed by atoms with Crippen LogP contribution in [0.15, 0.2) is 30.3 Å². The highest BCUT2D eigenvalue weighted by Gasteiger charge is 2.06. The zero-order valence-electron chi connectivity index (χ0n) is 8.00. The average Bonchev–Trinajstić information content (AvgIpc) is 2.59. The minimum atomic E-state index is 0.168. The molecule has 0 saturated carbocycles. The summed E-state index contributed by atoms with van der Waals surface area (Å²) in [4.78, 5) is 0. The molecule has 0 aliphatic carbocycles. The van der Waals surface area contributed by atoms with Crippen LogP contribution in [0.4, 0.5) is 5.95 Å². The Morgan fingerprint density at radius 3 is 2.53 bits per heavy atom. The minimum Gasteiger partial charge on any atom is -0.486 e. The van der Waals surface area contributed by atoms with Crippen LogP contribution in [0.3, 0.4) is 0 Å². The summed E-state index contributed by atoms with van der Waals surface area (Å²) in [5, 5.41) is 7.38. The Morgan fingerprint density at radius 2 is 1.93 bits per heavy atom. The van der Waals surface area contributed by atoms with Gasteiger partial charge in [-0.05, 0) is 12.1 Å². The number of nitrogens with two attached hydrogens (primary N) is 2. The molecule has 0 spiro atoms. The fourth-order valence-electron chi connectivity index (χ4n) is 1.10. The molecule has 0 atom stereocenters. The predicted molar refractivity (Wildman–Crippen MR) is 55.4 cm³/mol. The van der Waals surface area contributed by atoms with E-state index >= 15 is 0 Å². The van der Waals surface area contributed by atoms with Gasteiger partial charge >= 0.3 is 0 Å². The smallest absolute Gasteiger partial charge is 0.240 e. The van der Waals surface area contributed by atoms with Crippen LogP contribution < -0.4 is 16.3 Å². The molecule has 1 aromatic carbocycles. The van der Waals surface area contributed by atoms with Crippen molar-refractivity contribution in [3.8, 4) is 5.75 Å². The number of anilines is 1. The summed E-state index contributed by atoms with van der Waals surface area (Å²) in [6.07, 6.45) is 0. The van der Waals surface area contributed by atoms with Gasteiger partial charge in [-0.2, -0.15) is 0 Å². The molecule has 0 aliphatic heterocycles. The second-order valence-corrected chi connectivity index (χ2v) is 2.95. The number of ether oxygens (including phenoxy) is 1. The molecule has 2 aromatic rings. The Balaban J connectivity index is 2.02. The van der Waals surface area contributed by atoms with Crippen molar-refractivity contribution in [1.29, 1.82) is 0 Å². The SMILES string of the molecule is Nc1nnc(COc2ccccc2)n1N. The quantitative estimate of drug-likeness (QED) is 0.696. The zero-order chi connectivity index (χ0) is 10.7. The van der Waals surface area contributed by atoms with Crippen LogP contribution in [0.25, 0.3) is 0 Å². The van der Waals surface area contributed by atoms with Crippen LogP contribution in [-0.2, 0) is 6.61 Å². The van der Waals surface area contributed by atoms with Crippen LogP contribution >= 0.6 is 0 Å². The van der Waals surface area contributed by atoms with E-state index in [9.17, 15) is 0 Å². The molecule has 0 radical (unpaired) electrons. The van der Waals surface area contributed by atoms with Gasteiger partial charge in [0, 0.05) is 0 Å². The average molecular weight is 205 g/mol. The van der Waals surface area contributed by atoms with Crippen molar-refractivity contribution in [2.24, 2.45) is 0 Å². The number of nitrogens with zero attached hydrogens (tertiary/aromatic N) is 3. The van der Waals surface area contributed by atoms with E-state index in [4.69, 9.17) is 16.3 Å². The van der Waals surface area contributed by atoms with Crippen molar-refractivity contribution in [1.82, 2.24) is 14.9 Å². The van der Waals surface area contributed by atoms with E-state index < -0.39 is 0 Å². The molecule has 0 fully saturated rings. The number of benzene rings is 1. The Bertz CT molecular complexity index is 439. The Labute approximate surface area is 86.4 Å². The molecule has 0 bridgehead atoms. The van der Waals surface area contributed by atoms with E-state index in [-0.39, 0.29) is 12.6 Å². The molecule has 1 aromatic heterocycles. The highest BCUT2D eigenvalue weighted by Crippen LogP contribution is 2.10. The van der Waals surface area contributed by atoms with Crippen molar-refractivity contribution in [3.05, 3.63) is 36.2 Å². The van der Waals surface area contributed by atoms with Gasteiger partial charge in [0.25, 0.3) is 0 Å². The van der Waals surface area contributed by atoms with E-state index in [1.807, 2.05) is 30.3 Å². The fourth-order valence-corrected chi connectivity index (χ4v) is 1.10. The summed E-state index contributed by atoms with van der Waals surface area (Å²) < 4.78 is 6.62. The third-order valence-electron chi connectivity index (χ3n) is 1.90. The monoisotopic (exact) mass is 205 g/mol. The van der Waals surface area contributed by atoms with Gasteiger partial charge in [0.15, 0.2) is 5.82 Å². The summed E-state index contributed by atoms with van der Waals surface area (Å²) in [5.41, 5.74) is 5.42. The summed E-state index contributed by atoms with van der Waals surface area (Å²) in [5.74, 6) is 6.95. The molecule has 0 amide bonds. The van der Waals surface area contributed by atoms with Gasteiger partial charge in [0.2, 0.25) is 5.95 Å². The lowest BCUT2D eigenvalue weighted by Crippen LogP contribution is -2.16. The van der Waals surface area contributed by atoms with Crippen LogP contribution in [0, 0.1) is 0 Å². The third-order valence-corrected chi connectivity index (χ3v) is 1.90. The summed E-state index contributed by atoms with van der Waals surface area (Å²) in [6, 6.07) is 9.38. The van der Waals surface area contributed by atoms with E-state index in [0.717, 1.165) is 5.75 Å². The Kier molecular flexibility index (Phi) is 2.40. The van der Waals surface area contributed by atoms with Crippen molar-refractivity contribution < 1.29 is 4.74 Å². The number of rotatable bonds is 3. The second kappa shape index (κ2) is 3.87. The maximum Gasteiger partial charge on any atom is 0.240 e. The second-order valence-electron chi connectivity index (χ2n) is 2.95. The van der Waals surface area contributed by atoms with Crippen LogP contribution in [0.2, 0.25) is 0 Å². The first-order chi connectivity index (χ1) is 7.27. The first-order valence-electron chi connectivity index (χ1n) is 4.40. The van der Waals surface area contributed by atoms with E-state index in [1.54, 1.807) is 0 Å². The molecule has 1 heterocycles. The molecule has 2 rings (SSSR count). The van der Waals surface area contributed by atoms with Gasteiger partial charge in [-0.25, -0.2) is 4.68 Å². The fraction of sp³-hybridized carbons (Fsp3) is 0.111. The molecular formula is C9H11N5O. The number of hydrogen-bond donors (Lipinski definition) is 2. The predicted octanol–water partition coefficient (Wildman–Crippen LogP) is 0.153.